The maximum Gasteiger partial charge on any atom is 0.296 e. The van der Waals surface area contributed by atoms with E-state index in [1.807, 2.05) is 14.1 Å². The SMILES string of the molecule is COc1ccc(NCC(C)(C)CN(C)C)c([N+](=O)[O-])c1. The Hall–Kier alpha value is -1.82. The van der Waals surface area contributed by atoms with Gasteiger partial charge in [-0.15, -0.1) is 0 Å². The third kappa shape index (κ3) is 4.70. The van der Waals surface area contributed by atoms with Crippen molar-refractivity contribution in [2.45, 2.75) is 13.8 Å². The Morgan fingerprint density at radius 3 is 2.55 bits per heavy atom. The summed E-state index contributed by atoms with van der Waals surface area (Å²) in [5.41, 5.74) is 0.560. The molecule has 0 aliphatic rings. The van der Waals surface area contributed by atoms with Crippen LogP contribution in [-0.2, 0) is 0 Å². The third-order valence-corrected chi connectivity index (χ3v) is 2.90. The van der Waals surface area contributed by atoms with Crippen molar-refractivity contribution in [2.24, 2.45) is 5.41 Å². The van der Waals surface area contributed by atoms with Crippen LogP contribution in [0, 0.1) is 15.5 Å². The Balaban J connectivity index is 2.84. The molecule has 0 aliphatic heterocycles. The summed E-state index contributed by atoms with van der Waals surface area (Å²) in [6, 6.07) is 4.83. The van der Waals surface area contributed by atoms with Gasteiger partial charge in [-0.1, -0.05) is 13.8 Å². The van der Waals surface area contributed by atoms with Gasteiger partial charge in [-0.2, -0.15) is 0 Å². The first-order chi connectivity index (χ1) is 9.25. The topological polar surface area (TPSA) is 67.6 Å². The molecule has 1 aromatic carbocycles. The van der Waals surface area contributed by atoms with E-state index >= 15 is 0 Å². The summed E-state index contributed by atoms with van der Waals surface area (Å²) in [5.74, 6) is 0.481. The maximum absolute atomic E-state index is 11.1. The van der Waals surface area contributed by atoms with Crippen LogP contribution in [0.1, 0.15) is 13.8 Å². The third-order valence-electron chi connectivity index (χ3n) is 2.90. The number of nitrogens with zero attached hydrogens (tertiary/aromatic N) is 2. The molecule has 0 saturated carbocycles. The Bertz CT molecular complexity index is 473. The van der Waals surface area contributed by atoms with Gasteiger partial charge in [-0.25, -0.2) is 0 Å². The maximum atomic E-state index is 11.1. The molecule has 1 N–H and O–H groups in total. The summed E-state index contributed by atoms with van der Waals surface area (Å²) in [4.78, 5) is 12.8. The number of benzene rings is 1. The quantitative estimate of drug-likeness (QED) is 0.614. The Morgan fingerprint density at radius 1 is 1.40 bits per heavy atom. The molecule has 0 heterocycles. The van der Waals surface area contributed by atoms with Crippen molar-refractivity contribution in [3.63, 3.8) is 0 Å². The van der Waals surface area contributed by atoms with E-state index in [1.165, 1.54) is 13.2 Å². The van der Waals surface area contributed by atoms with Crippen molar-refractivity contribution in [1.82, 2.24) is 4.90 Å². The number of rotatable bonds is 7. The monoisotopic (exact) mass is 281 g/mol. The number of hydrogen-bond acceptors (Lipinski definition) is 5. The molecule has 0 saturated heterocycles. The van der Waals surface area contributed by atoms with E-state index in [0.717, 1.165) is 6.54 Å². The summed E-state index contributed by atoms with van der Waals surface area (Å²) < 4.78 is 5.02. The molecule has 0 atom stereocenters. The molecule has 1 aromatic rings. The molecular weight excluding hydrogens is 258 g/mol. The molecule has 6 heteroatoms. The van der Waals surface area contributed by atoms with E-state index in [9.17, 15) is 10.1 Å². The van der Waals surface area contributed by atoms with Gasteiger partial charge in [0.25, 0.3) is 5.69 Å². The Morgan fingerprint density at radius 2 is 2.05 bits per heavy atom. The average molecular weight is 281 g/mol. The van der Waals surface area contributed by atoms with Crippen molar-refractivity contribution in [3.05, 3.63) is 28.3 Å². The van der Waals surface area contributed by atoms with Gasteiger partial charge in [0.15, 0.2) is 0 Å². The highest BCUT2D eigenvalue weighted by Gasteiger charge is 2.21. The zero-order valence-electron chi connectivity index (χ0n) is 12.8. The number of hydrogen-bond donors (Lipinski definition) is 1. The number of ether oxygens (including phenoxy) is 1. The van der Waals surface area contributed by atoms with Crippen LogP contribution in [0.3, 0.4) is 0 Å². The molecule has 0 unspecified atom stereocenters. The van der Waals surface area contributed by atoms with E-state index in [0.29, 0.717) is 18.0 Å². The van der Waals surface area contributed by atoms with E-state index in [2.05, 4.69) is 24.1 Å². The summed E-state index contributed by atoms with van der Waals surface area (Å²) in [7, 11) is 5.52. The second kappa shape index (κ2) is 6.56. The second-order valence-corrected chi connectivity index (χ2v) is 5.90. The van der Waals surface area contributed by atoms with Gasteiger partial charge in [-0.05, 0) is 31.6 Å². The highest BCUT2D eigenvalue weighted by Crippen LogP contribution is 2.30. The van der Waals surface area contributed by atoms with Gasteiger partial charge in [0, 0.05) is 13.1 Å². The fraction of sp³-hybridized carbons (Fsp3) is 0.571. The van der Waals surface area contributed by atoms with Crippen molar-refractivity contribution in [3.8, 4) is 5.75 Å². The standard InChI is InChI=1S/C14H23N3O3/c1-14(2,10-16(3)4)9-15-12-7-6-11(20-5)8-13(12)17(18)19/h6-8,15H,9-10H2,1-5H3. The van der Waals surface area contributed by atoms with E-state index in [4.69, 9.17) is 4.74 Å². The highest BCUT2D eigenvalue weighted by atomic mass is 16.6. The zero-order chi connectivity index (χ0) is 15.3. The van der Waals surface area contributed by atoms with E-state index in [1.54, 1.807) is 12.1 Å². The predicted octanol–water partition coefficient (Wildman–Crippen LogP) is 2.60. The first-order valence-electron chi connectivity index (χ1n) is 6.46. The van der Waals surface area contributed by atoms with E-state index in [-0.39, 0.29) is 11.1 Å². The molecule has 0 radical (unpaired) electrons. The van der Waals surface area contributed by atoms with Gasteiger partial charge >= 0.3 is 0 Å². The van der Waals surface area contributed by atoms with Gasteiger partial charge in [0.2, 0.25) is 0 Å². The fourth-order valence-corrected chi connectivity index (χ4v) is 2.19. The second-order valence-electron chi connectivity index (χ2n) is 5.90. The normalized spacial score (nSPS) is 11.5. The van der Waals surface area contributed by atoms with Crippen LogP contribution in [0.4, 0.5) is 11.4 Å². The minimum Gasteiger partial charge on any atom is -0.496 e. The molecule has 20 heavy (non-hydrogen) atoms. The minimum absolute atomic E-state index is 0.0112. The zero-order valence-corrected chi connectivity index (χ0v) is 12.8. The lowest BCUT2D eigenvalue weighted by atomic mass is 9.93. The number of nitro groups is 1. The van der Waals surface area contributed by atoms with Crippen LogP contribution in [0.5, 0.6) is 5.75 Å². The molecule has 0 spiro atoms. The molecule has 112 valence electrons. The van der Waals surface area contributed by atoms with Crippen molar-refractivity contribution < 1.29 is 9.66 Å². The smallest absolute Gasteiger partial charge is 0.296 e. The van der Waals surface area contributed by atoms with Crippen molar-refractivity contribution in [1.29, 1.82) is 0 Å². The molecule has 0 amide bonds. The van der Waals surface area contributed by atoms with Gasteiger partial charge in [0.1, 0.15) is 11.4 Å². The van der Waals surface area contributed by atoms with Gasteiger partial charge < -0.3 is 15.0 Å². The molecule has 0 fully saturated rings. The van der Waals surface area contributed by atoms with Crippen LogP contribution < -0.4 is 10.1 Å². The predicted molar refractivity (Wildman–Crippen MR) is 80.5 cm³/mol. The lowest BCUT2D eigenvalue weighted by molar-refractivity contribution is -0.384. The summed E-state index contributed by atoms with van der Waals surface area (Å²) in [6.07, 6.45) is 0. The molecule has 0 aliphatic carbocycles. The number of nitrogens with one attached hydrogen (secondary N) is 1. The average Bonchev–Trinajstić information content (AvgIpc) is 2.34. The van der Waals surface area contributed by atoms with Crippen LogP contribution in [0.15, 0.2) is 18.2 Å². The van der Waals surface area contributed by atoms with Gasteiger partial charge in [0.05, 0.1) is 18.1 Å². The number of nitro benzene ring substituents is 1. The van der Waals surface area contributed by atoms with Crippen molar-refractivity contribution in [2.75, 3.05) is 39.6 Å². The van der Waals surface area contributed by atoms with Crippen LogP contribution in [0.2, 0.25) is 0 Å². The van der Waals surface area contributed by atoms with Crippen molar-refractivity contribution >= 4 is 11.4 Å². The fourth-order valence-electron chi connectivity index (χ4n) is 2.19. The Labute approximate surface area is 119 Å². The van der Waals surface area contributed by atoms with Crippen LogP contribution in [0.25, 0.3) is 0 Å². The molecule has 1 rings (SSSR count). The Kier molecular flexibility index (Phi) is 5.33. The lowest BCUT2D eigenvalue weighted by Crippen LogP contribution is -2.34. The lowest BCUT2D eigenvalue weighted by Gasteiger charge is -2.28. The molecule has 6 nitrogen and oxygen atoms in total. The molecular formula is C14H23N3O3. The highest BCUT2D eigenvalue weighted by molar-refractivity contribution is 5.63. The summed E-state index contributed by atoms with van der Waals surface area (Å²) >= 11 is 0. The van der Waals surface area contributed by atoms with Crippen LogP contribution >= 0.6 is 0 Å². The summed E-state index contributed by atoms with van der Waals surface area (Å²) in [6.45, 7) is 5.78. The molecule has 0 aromatic heterocycles. The largest absolute Gasteiger partial charge is 0.496 e. The first-order valence-corrected chi connectivity index (χ1v) is 6.46. The molecule has 0 bridgehead atoms. The van der Waals surface area contributed by atoms with E-state index < -0.39 is 4.92 Å². The number of methoxy groups -OCH3 is 1. The number of anilines is 1. The van der Waals surface area contributed by atoms with Gasteiger partial charge in [-0.3, -0.25) is 10.1 Å². The summed E-state index contributed by atoms with van der Waals surface area (Å²) in [5, 5.41) is 14.3. The minimum atomic E-state index is -0.399. The first kappa shape index (κ1) is 16.2. The van der Waals surface area contributed by atoms with Crippen LogP contribution in [-0.4, -0.2) is 44.1 Å².